The fourth-order valence-electron chi connectivity index (χ4n) is 5.90. The van der Waals surface area contributed by atoms with Crippen LogP contribution >= 0.6 is 11.3 Å². The van der Waals surface area contributed by atoms with E-state index in [9.17, 15) is 0 Å². The summed E-state index contributed by atoms with van der Waals surface area (Å²) in [5.74, 6) is 0. The summed E-state index contributed by atoms with van der Waals surface area (Å²) in [6.45, 7) is 0. The molecule has 4 heterocycles. The van der Waals surface area contributed by atoms with Crippen molar-refractivity contribution >= 4 is 86.3 Å². The van der Waals surface area contributed by atoms with Crippen LogP contribution in [0.5, 0.6) is 0 Å². The lowest BCUT2D eigenvalue weighted by Gasteiger charge is -2.09. The normalized spacial score (nSPS) is 12.3. The van der Waals surface area contributed by atoms with Crippen molar-refractivity contribution in [1.82, 2.24) is 14.5 Å². The first kappa shape index (κ1) is 19.4. The standard InChI is InChI=1S/C32H17N3OS/c1-3-9-26-18(6-1)20-12-13-21-23-16-24-25(34-15-14-33-24)17-28(23)36-31(21)30(20)35(26)27-10-5-8-22-19-7-2-4-11-29(19)37-32(22)27/h1-17H. The van der Waals surface area contributed by atoms with Crippen molar-refractivity contribution in [3.8, 4) is 5.69 Å². The summed E-state index contributed by atoms with van der Waals surface area (Å²) < 4.78 is 11.6. The van der Waals surface area contributed by atoms with Crippen LogP contribution in [0.1, 0.15) is 0 Å². The van der Waals surface area contributed by atoms with Crippen LogP contribution in [0.2, 0.25) is 0 Å². The maximum absolute atomic E-state index is 6.65. The molecule has 0 fully saturated rings. The SMILES string of the molecule is c1ccc2c(c1)sc1c(-n3c4ccccc4c4ccc5c6cc7nccnc7cc6oc5c43)cccc12. The predicted molar refractivity (Wildman–Crippen MR) is 154 cm³/mol. The molecule has 4 aromatic heterocycles. The molecule has 0 aliphatic heterocycles. The van der Waals surface area contributed by atoms with Crippen LogP contribution in [0.4, 0.5) is 0 Å². The van der Waals surface area contributed by atoms with Crippen LogP contribution in [-0.4, -0.2) is 14.5 Å². The Morgan fingerprint density at radius 3 is 2.30 bits per heavy atom. The quantitative estimate of drug-likeness (QED) is 0.230. The molecular formula is C32H17N3OS. The van der Waals surface area contributed by atoms with Gasteiger partial charge in [-0.2, -0.15) is 0 Å². The van der Waals surface area contributed by atoms with Gasteiger partial charge in [0.05, 0.1) is 32.5 Å². The molecule has 172 valence electrons. The second-order valence-electron chi connectivity index (χ2n) is 9.44. The molecular weight excluding hydrogens is 474 g/mol. The average molecular weight is 492 g/mol. The lowest BCUT2D eigenvalue weighted by Crippen LogP contribution is -1.94. The average Bonchev–Trinajstić information content (AvgIpc) is 3.61. The van der Waals surface area contributed by atoms with Crippen molar-refractivity contribution in [3.05, 3.63) is 103 Å². The van der Waals surface area contributed by atoms with E-state index in [2.05, 4.69) is 99.5 Å². The summed E-state index contributed by atoms with van der Waals surface area (Å²) in [5, 5.41) is 7.12. The Hall–Kier alpha value is -4.74. The first-order chi connectivity index (χ1) is 18.3. The topological polar surface area (TPSA) is 43.9 Å². The summed E-state index contributed by atoms with van der Waals surface area (Å²) in [7, 11) is 0. The number of para-hydroxylation sites is 1. The molecule has 0 unspecified atom stereocenters. The summed E-state index contributed by atoms with van der Waals surface area (Å²) in [6, 6.07) is 32.4. The van der Waals surface area contributed by atoms with Gasteiger partial charge in [0, 0.05) is 55.5 Å². The van der Waals surface area contributed by atoms with E-state index in [0.717, 1.165) is 38.5 Å². The minimum absolute atomic E-state index is 0.826. The van der Waals surface area contributed by atoms with Crippen LogP contribution in [0.15, 0.2) is 108 Å². The molecule has 5 aromatic carbocycles. The molecule has 0 amide bonds. The number of fused-ring (bicyclic) bond motifs is 11. The number of thiophene rings is 1. The fourth-order valence-corrected chi connectivity index (χ4v) is 7.10. The lowest BCUT2D eigenvalue weighted by molar-refractivity contribution is 0.671. The van der Waals surface area contributed by atoms with Gasteiger partial charge in [0.25, 0.3) is 0 Å². The van der Waals surface area contributed by atoms with E-state index in [1.165, 1.54) is 42.1 Å². The summed E-state index contributed by atoms with van der Waals surface area (Å²) in [4.78, 5) is 9.02. The van der Waals surface area contributed by atoms with Gasteiger partial charge < -0.3 is 8.98 Å². The van der Waals surface area contributed by atoms with Crippen LogP contribution < -0.4 is 0 Å². The highest BCUT2D eigenvalue weighted by Gasteiger charge is 2.21. The number of aromatic nitrogens is 3. The van der Waals surface area contributed by atoms with Crippen LogP contribution in [0, 0.1) is 0 Å². The van der Waals surface area contributed by atoms with E-state index >= 15 is 0 Å². The maximum Gasteiger partial charge on any atom is 0.160 e. The number of hydrogen-bond acceptors (Lipinski definition) is 4. The van der Waals surface area contributed by atoms with Crippen molar-refractivity contribution in [2.24, 2.45) is 0 Å². The van der Waals surface area contributed by atoms with Crippen molar-refractivity contribution in [2.75, 3.05) is 0 Å². The van der Waals surface area contributed by atoms with E-state index < -0.39 is 0 Å². The van der Waals surface area contributed by atoms with Gasteiger partial charge in [0.1, 0.15) is 5.58 Å². The van der Waals surface area contributed by atoms with Gasteiger partial charge in [-0.15, -0.1) is 11.3 Å². The summed E-state index contributed by atoms with van der Waals surface area (Å²) in [6.07, 6.45) is 3.46. The van der Waals surface area contributed by atoms with Gasteiger partial charge in [0.15, 0.2) is 5.58 Å². The van der Waals surface area contributed by atoms with Gasteiger partial charge in [-0.25, -0.2) is 0 Å². The zero-order valence-corrected chi connectivity index (χ0v) is 20.3. The largest absolute Gasteiger partial charge is 0.454 e. The van der Waals surface area contributed by atoms with Crippen molar-refractivity contribution < 1.29 is 4.42 Å². The molecule has 4 nitrogen and oxygen atoms in total. The number of hydrogen-bond donors (Lipinski definition) is 0. The Kier molecular flexibility index (Phi) is 3.64. The predicted octanol–water partition coefficient (Wildman–Crippen LogP) is 8.99. The first-order valence-electron chi connectivity index (χ1n) is 12.2. The highest BCUT2D eigenvalue weighted by Crippen LogP contribution is 2.44. The Morgan fingerprint density at radius 1 is 0.622 bits per heavy atom. The molecule has 0 saturated carbocycles. The van der Waals surface area contributed by atoms with Gasteiger partial charge in [-0.05, 0) is 30.3 Å². The smallest absolute Gasteiger partial charge is 0.160 e. The van der Waals surface area contributed by atoms with Gasteiger partial charge in [-0.3, -0.25) is 9.97 Å². The number of nitrogens with zero attached hydrogens (tertiary/aromatic N) is 3. The zero-order valence-electron chi connectivity index (χ0n) is 19.5. The minimum atomic E-state index is 0.826. The Balaban J connectivity index is 1.50. The number of benzene rings is 5. The molecule has 0 spiro atoms. The maximum atomic E-state index is 6.65. The molecule has 9 aromatic rings. The Morgan fingerprint density at radius 2 is 1.38 bits per heavy atom. The highest BCUT2D eigenvalue weighted by atomic mass is 32.1. The fraction of sp³-hybridized carbons (Fsp3) is 0. The third kappa shape index (κ3) is 2.51. The van der Waals surface area contributed by atoms with Gasteiger partial charge >= 0.3 is 0 Å². The summed E-state index contributed by atoms with van der Waals surface area (Å²) >= 11 is 1.85. The van der Waals surface area contributed by atoms with E-state index in [1.807, 2.05) is 17.4 Å². The highest BCUT2D eigenvalue weighted by molar-refractivity contribution is 7.26. The second-order valence-corrected chi connectivity index (χ2v) is 10.5. The summed E-state index contributed by atoms with van der Waals surface area (Å²) in [5.41, 5.74) is 6.85. The number of furan rings is 1. The van der Waals surface area contributed by atoms with E-state index in [-0.39, 0.29) is 0 Å². The molecule has 0 bridgehead atoms. The molecule has 0 saturated heterocycles. The van der Waals surface area contributed by atoms with E-state index in [0.29, 0.717) is 0 Å². The minimum Gasteiger partial charge on any atom is -0.454 e. The van der Waals surface area contributed by atoms with Crippen LogP contribution in [-0.2, 0) is 0 Å². The van der Waals surface area contributed by atoms with Crippen molar-refractivity contribution in [1.29, 1.82) is 0 Å². The number of rotatable bonds is 1. The molecule has 9 rings (SSSR count). The third-order valence-corrected chi connectivity index (χ3v) is 8.70. The van der Waals surface area contributed by atoms with Crippen LogP contribution in [0.3, 0.4) is 0 Å². The van der Waals surface area contributed by atoms with Crippen molar-refractivity contribution in [3.63, 3.8) is 0 Å². The Labute approximate surface area is 214 Å². The van der Waals surface area contributed by atoms with Gasteiger partial charge in [-0.1, -0.05) is 54.6 Å². The Bertz CT molecular complexity index is 2370. The first-order valence-corrected chi connectivity index (χ1v) is 13.1. The third-order valence-electron chi connectivity index (χ3n) is 7.49. The molecule has 5 heteroatoms. The molecule has 0 N–H and O–H groups in total. The zero-order chi connectivity index (χ0) is 24.1. The van der Waals surface area contributed by atoms with E-state index in [4.69, 9.17) is 4.42 Å². The van der Waals surface area contributed by atoms with Crippen molar-refractivity contribution in [2.45, 2.75) is 0 Å². The van der Waals surface area contributed by atoms with Crippen LogP contribution in [0.25, 0.3) is 80.6 Å². The molecule has 0 atom stereocenters. The van der Waals surface area contributed by atoms with E-state index in [1.54, 1.807) is 12.4 Å². The second kappa shape index (κ2) is 6.93. The monoisotopic (exact) mass is 491 g/mol. The molecule has 0 radical (unpaired) electrons. The van der Waals surface area contributed by atoms with Gasteiger partial charge in [0.2, 0.25) is 0 Å². The molecule has 0 aliphatic rings. The lowest BCUT2D eigenvalue weighted by atomic mass is 10.1. The molecule has 37 heavy (non-hydrogen) atoms. The molecule has 0 aliphatic carbocycles.